The smallest absolute Gasteiger partial charge is 0.160 e. The lowest BCUT2D eigenvalue weighted by molar-refractivity contribution is 0.367. The average molecular weight is 225 g/mol. The van der Waals surface area contributed by atoms with Crippen LogP contribution in [-0.4, -0.2) is 25.3 Å². The topological polar surface area (TPSA) is 41.5 Å². The summed E-state index contributed by atoms with van der Waals surface area (Å²) >= 11 is 0. The summed E-state index contributed by atoms with van der Waals surface area (Å²) in [6.45, 7) is 1.78. The number of benzene rings is 1. The van der Waals surface area contributed by atoms with Crippen LogP contribution in [0.1, 0.15) is 24.3 Å². The van der Waals surface area contributed by atoms with E-state index in [4.69, 9.17) is 4.74 Å². The molecule has 1 heterocycles. The minimum Gasteiger partial charge on any atom is -0.504 e. The van der Waals surface area contributed by atoms with Gasteiger partial charge in [-0.25, -0.2) is 4.39 Å². The van der Waals surface area contributed by atoms with E-state index in [0.29, 0.717) is 11.3 Å². The third-order valence-corrected chi connectivity index (χ3v) is 3.03. The number of phenolic OH excluding ortho intramolecular Hbond substituents is 1. The molecule has 2 rings (SSSR count). The quantitative estimate of drug-likeness (QED) is 0.809. The van der Waals surface area contributed by atoms with E-state index in [0.717, 1.165) is 32.0 Å². The molecule has 0 aromatic heterocycles. The van der Waals surface area contributed by atoms with E-state index in [1.165, 1.54) is 7.11 Å². The number of phenols is 1. The van der Waals surface area contributed by atoms with Crippen LogP contribution in [0.3, 0.4) is 0 Å². The normalized spacial score (nSPS) is 20.8. The van der Waals surface area contributed by atoms with Gasteiger partial charge in [-0.3, -0.25) is 0 Å². The van der Waals surface area contributed by atoms with Crippen LogP contribution in [-0.2, 0) is 0 Å². The predicted octanol–water partition coefficient (Wildman–Crippen LogP) is 2.01. The maximum atomic E-state index is 13.7. The third kappa shape index (κ3) is 2.11. The standard InChI is InChI=1S/C12H16FNO2/c1-16-12-5-9(10(13)6-11(12)15)8-3-2-4-14-7-8/h5-6,8,14-15H,2-4,7H2,1H3. The number of aromatic hydroxyl groups is 1. The van der Waals surface area contributed by atoms with Gasteiger partial charge in [0.05, 0.1) is 7.11 Å². The summed E-state index contributed by atoms with van der Waals surface area (Å²) in [7, 11) is 1.47. The summed E-state index contributed by atoms with van der Waals surface area (Å²) in [6, 6.07) is 2.73. The number of piperidine rings is 1. The summed E-state index contributed by atoms with van der Waals surface area (Å²) in [5, 5.41) is 12.7. The number of halogens is 1. The maximum Gasteiger partial charge on any atom is 0.160 e. The molecular weight excluding hydrogens is 209 g/mol. The van der Waals surface area contributed by atoms with Gasteiger partial charge in [0.25, 0.3) is 0 Å². The first-order valence-corrected chi connectivity index (χ1v) is 5.49. The maximum absolute atomic E-state index is 13.7. The first-order valence-electron chi connectivity index (χ1n) is 5.49. The van der Waals surface area contributed by atoms with Crippen LogP contribution in [0.25, 0.3) is 0 Å². The van der Waals surface area contributed by atoms with Gasteiger partial charge in [0, 0.05) is 12.6 Å². The van der Waals surface area contributed by atoms with Crippen LogP contribution < -0.4 is 10.1 Å². The van der Waals surface area contributed by atoms with Crippen molar-refractivity contribution in [2.45, 2.75) is 18.8 Å². The highest BCUT2D eigenvalue weighted by molar-refractivity contribution is 5.44. The molecule has 88 valence electrons. The molecule has 16 heavy (non-hydrogen) atoms. The van der Waals surface area contributed by atoms with Gasteiger partial charge in [0.1, 0.15) is 5.82 Å². The summed E-state index contributed by atoms with van der Waals surface area (Å²) in [4.78, 5) is 0. The second-order valence-electron chi connectivity index (χ2n) is 4.09. The van der Waals surface area contributed by atoms with Crippen molar-refractivity contribution in [1.82, 2.24) is 5.32 Å². The van der Waals surface area contributed by atoms with Crippen molar-refractivity contribution in [3.63, 3.8) is 0 Å². The molecule has 0 radical (unpaired) electrons. The molecule has 0 aliphatic carbocycles. The van der Waals surface area contributed by atoms with Crippen molar-refractivity contribution in [3.05, 3.63) is 23.5 Å². The van der Waals surface area contributed by atoms with Gasteiger partial charge in [0.15, 0.2) is 11.5 Å². The van der Waals surface area contributed by atoms with E-state index in [1.807, 2.05) is 0 Å². The third-order valence-electron chi connectivity index (χ3n) is 3.03. The zero-order valence-corrected chi connectivity index (χ0v) is 9.29. The van der Waals surface area contributed by atoms with Gasteiger partial charge < -0.3 is 15.2 Å². The zero-order chi connectivity index (χ0) is 11.5. The highest BCUT2D eigenvalue weighted by Gasteiger charge is 2.20. The zero-order valence-electron chi connectivity index (χ0n) is 9.29. The Morgan fingerprint density at radius 3 is 2.94 bits per heavy atom. The molecule has 0 saturated carbocycles. The molecule has 1 unspecified atom stereocenters. The van der Waals surface area contributed by atoms with Crippen LogP contribution in [0.5, 0.6) is 11.5 Å². The lowest BCUT2D eigenvalue weighted by Gasteiger charge is -2.24. The minimum absolute atomic E-state index is 0.146. The van der Waals surface area contributed by atoms with Gasteiger partial charge in [-0.05, 0) is 36.9 Å². The molecule has 0 amide bonds. The number of rotatable bonds is 2. The average Bonchev–Trinajstić information content (AvgIpc) is 2.30. The fourth-order valence-corrected chi connectivity index (χ4v) is 2.15. The fourth-order valence-electron chi connectivity index (χ4n) is 2.15. The molecule has 0 spiro atoms. The molecular formula is C12H16FNO2. The molecule has 1 aromatic carbocycles. The molecule has 1 atom stereocenters. The summed E-state index contributed by atoms with van der Waals surface area (Å²) in [5.41, 5.74) is 0.627. The van der Waals surface area contributed by atoms with Gasteiger partial charge >= 0.3 is 0 Å². The second kappa shape index (κ2) is 4.70. The van der Waals surface area contributed by atoms with Crippen molar-refractivity contribution in [3.8, 4) is 11.5 Å². The molecule has 2 N–H and O–H groups in total. The monoisotopic (exact) mass is 225 g/mol. The Morgan fingerprint density at radius 2 is 2.31 bits per heavy atom. The molecule has 1 saturated heterocycles. The van der Waals surface area contributed by atoms with Gasteiger partial charge in [-0.15, -0.1) is 0 Å². The van der Waals surface area contributed by atoms with Gasteiger partial charge in [-0.1, -0.05) is 0 Å². The van der Waals surface area contributed by atoms with Crippen LogP contribution in [0, 0.1) is 5.82 Å². The molecule has 3 nitrogen and oxygen atoms in total. The van der Waals surface area contributed by atoms with Gasteiger partial charge in [0.2, 0.25) is 0 Å². The van der Waals surface area contributed by atoms with Crippen molar-refractivity contribution in [2.24, 2.45) is 0 Å². The SMILES string of the molecule is COc1cc(C2CCCNC2)c(F)cc1O. The van der Waals surface area contributed by atoms with Crippen molar-refractivity contribution >= 4 is 0 Å². The van der Waals surface area contributed by atoms with Crippen molar-refractivity contribution in [1.29, 1.82) is 0 Å². The van der Waals surface area contributed by atoms with E-state index in [2.05, 4.69) is 5.32 Å². The Labute approximate surface area is 94.2 Å². The van der Waals surface area contributed by atoms with Crippen molar-refractivity contribution < 1.29 is 14.2 Å². The molecule has 1 aliphatic rings. The fraction of sp³-hybridized carbons (Fsp3) is 0.500. The van der Waals surface area contributed by atoms with E-state index < -0.39 is 0 Å². The van der Waals surface area contributed by atoms with Crippen molar-refractivity contribution in [2.75, 3.05) is 20.2 Å². The van der Waals surface area contributed by atoms with E-state index in [9.17, 15) is 9.50 Å². The van der Waals surface area contributed by atoms with E-state index in [-0.39, 0.29) is 17.5 Å². The summed E-state index contributed by atoms with van der Waals surface area (Å²) in [6.07, 6.45) is 2.02. The number of hydrogen-bond acceptors (Lipinski definition) is 3. The summed E-state index contributed by atoms with van der Waals surface area (Å²) in [5.74, 6) is 0.00439. The Bertz CT molecular complexity index is 376. The first-order chi connectivity index (χ1) is 7.72. The molecule has 1 aromatic rings. The molecule has 1 fully saturated rings. The van der Waals surface area contributed by atoms with Crippen LogP contribution >= 0.6 is 0 Å². The van der Waals surface area contributed by atoms with Crippen LogP contribution in [0.2, 0.25) is 0 Å². The summed E-state index contributed by atoms with van der Waals surface area (Å²) < 4.78 is 18.7. The lowest BCUT2D eigenvalue weighted by Crippen LogP contribution is -2.28. The molecule has 0 bridgehead atoms. The predicted molar refractivity (Wildman–Crippen MR) is 59.5 cm³/mol. The largest absolute Gasteiger partial charge is 0.504 e. The minimum atomic E-state index is -0.355. The molecule has 1 aliphatic heterocycles. The number of hydrogen-bond donors (Lipinski definition) is 2. The van der Waals surface area contributed by atoms with Gasteiger partial charge in [-0.2, -0.15) is 0 Å². The Balaban J connectivity index is 2.31. The Morgan fingerprint density at radius 1 is 1.50 bits per heavy atom. The van der Waals surface area contributed by atoms with E-state index >= 15 is 0 Å². The van der Waals surface area contributed by atoms with Crippen LogP contribution in [0.15, 0.2) is 12.1 Å². The second-order valence-corrected chi connectivity index (χ2v) is 4.09. The first kappa shape index (κ1) is 11.2. The lowest BCUT2D eigenvalue weighted by atomic mass is 9.91. The van der Waals surface area contributed by atoms with Crippen LogP contribution in [0.4, 0.5) is 4.39 Å². The number of methoxy groups -OCH3 is 1. The Kier molecular flexibility index (Phi) is 3.29. The van der Waals surface area contributed by atoms with E-state index in [1.54, 1.807) is 6.07 Å². The highest BCUT2D eigenvalue weighted by Crippen LogP contribution is 2.34. The number of nitrogens with one attached hydrogen (secondary N) is 1. The number of ether oxygens (including phenoxy) is 1. The Hall–Kier alpha value is -1.29. The molecule has 4 heteroatoms. The highest BCUT2D eigenvalue weighted by atomic mass is 19.1.